The fourth-order valence-corrected chi connectivity index (χ4v) is 5.02. The Labute approximate surface area is 202 Å². The molecular weight excluding hydrogens is 474 g/mol. The molecule has 0 fully saturated rings. The third kappa shape index (κ3) is 4.96. The van der Waals surface area contributed by atoms with E-state index in [-0.39, 0.29) is 17.2 Å². The molecule has 2 aromatic carbocycles. The van der Waals surface area contributed by atoms with Crippen molar-refractivity contribution in [3.8, 4) is 0 Å². The number of imidazole rings is 1. The summed E-state index contributed by atoms with van der Waals surface area (Å²) in [5.74, 6) is -0.0162. The van der Waals surface area contributed by atoms with Gasteiger partial charge >= 0.3 is 5.97 Å². The molecule has 0 aliphatic rings. The number of nitrogens with one attached hydrogen (secondary N) is 1. The van der Waals surface area contributed by atoms with Crippen molar-refractivity contribution < 1.29 is 17.9 Å². The second kappa shape index (κ2) is 9.92. The number of fused-ring (bicyclic) bond motifs is 1. The first-order valence-electron chi connectivity index (χ1n) is 10.6. The van der Waals surface area contributed by atoms with Crippen molar-refractivity contribution in [2.45, 2.75) is 31.5 Å². The molecule has 4 aromatic rings. The average molecular weight is 500 g/mol. The minimum atomic E-state index is -3.58. The first-order valence-corrected chi connectivity index (χ1v) is 12.9. The minimum absolute atomic E-state index is 0.0541. The third-order valence-electron chi connectivity index (χ3n) is 5.23. The molecule has 178 valence electrons. The highest BCUT2D eigenvalue weighted by Gasteiger charge is 2.20. The van der Waals surface area contributed by atoms with Gasteiger partial charge in [-0.15, -0.1) is 11.3 Å². The molecule has 0 atom stereocenters. The van der Waals surface area contributed by atoms with E-state index in [1.807, 2.05) is 41.8 Å². The second-order valence-electron chi connectivity index (χ2n) is 7.66. The standard InChI is InChI=1S/C23H25N5O4S2/c1-4-28-20-11-10-17(34(30,31)27(2)3)12-18(20)25-21(28)14-32-22(29)19-15-33-23(26-19)24-13-16-8-6-5-7-9-16/h5-12,15H,4,13-14H2,1-3H3,(H,24,26). The van der Waals surface area contributed by atoms with Crippen LogP contribution in [0.1, 0.15) is 28.8 Å². The molecule has 0 saturated carbocycles. The van der Waals surface area contributed by atoms with Gasteiger partial charge in [0.2, 0.25) is 10.0 Å². The number of hydrogen-bond acceptors (Lipinski definition) is 8. The van der Waals surface area contributed by atoms with Crippen molar-refractivity contribution >= 4 is 43.5 Å². The predicted molar refractivity (Wildman–Crippen MR) is 131 cm³/mol. The van der Waals surface area contributed by atoms with E-state index < -0.39 is 16.0 Å². The number of ether oxygens (including phenoxy) is 1. The summed E-state index contributed by atoms with van der Waals surface area (Å²) in [6.45, 7) is 3.09. The summed E-state index contributed by atoms with van der Waals surface area (Å²) in [7, 11) is -0.611. The number of anilines is 1. The summed E-state index contributed by atoms with van der Waals surface area (Å²) in [5, 5.41) is 5.48. The van der Waals surface area contributed by atoms with Gasteiger partial charge in [0.25, 0.3) is 0 Å². The van der Waals surface area contributed by atoms with Crippen LogP contribution in [0.5, 0.6) is 0 Å². The number of benzene rings is 2. The number of thiazole rings is 1. The van der Waals surface area contributed by atoms with Gasteiger partial charge in [-0.3, -0.25) is 0 Å². The van der Waals surface area contributed by atoms with Crippen LogP contribution in [0.15, 0.2) is 58.8 Å². The van der Waals surface area contributed by atoms with Crippen molar-refractivity contribution in [3.05, 3.63) is 71.0 Å². The van der Waals surface area contributed by atoms with Crippen LogP contribution in [0.25, 0.3) is 11.0 Å². The lowest BCUT2D eigenvalue weighted by Crippen LogP contribution is -2.22. The monoisotopic (exact) mass is 499 g/mol. The van der Waals surface area contributed by atoms with E-state index in [2.05, 4.69) is 15.3 Å². The molecule has 0 radical (unpaired) electrons. The smallest absolute Gasteiger partial charge is 0.358 e. The molecule has 0 amide bonds. The van der Waals surface area contributed by atoms with Crippen molar-refractivity contribution in [3.63, 3.8) is 0 Å². The lowest BCUT2D eigenvalue weighted by Gasteiger charge is -2.11. The number of carbonyl (C=O) groups is 1. The highest BCUT2D eigenvalue weighted by Crippen LogP contribution is 2.23. The highest BCUT2D eigenvalue weighted by molar-refractivity contribution is 7.89. The molecule has 2 aromatic heterocycles. The quantitative estimate of drug-likeness (QED) is 0.350. The van der Waals surface area contributed by atoms with Crippen LogP contribution in [0.3, 0.4) is 0 Å². The van der Waals surface area contributed by atoms with Crippen molar-refractivity contribution in [2.75, 3.05) is 19.4 Å². The number of esters is 1. The SMILES string of the molecule is CCn1c(COC(=O)c2csc(NCc3ccccc3)n2)nc2cc(S(=O)(=O)N(C)C)ccc21. The zero-order chi connectivity index (χ0) is 24.3. The average Bonchev–Trinajstić information content (AvgIpc) is 3.45. The van der Waals surface area contributed by atoms with Crippen molar-refractivity contribution in [1.29, 1.82) is 0 Å². The number of sulfonamides is 1. The molecule has 0 unspecified atom stereocenters. The minimum Gasteiger partial charge on any atom is -0.453 e. The molecule has 4 rings (SSSR count). The number of aromatic nitrogens is 3. The first kappa shape index (κ1) is 23.9. The summed E-state index contributed by atoms with van der Waals surface area (Å²) in [6.07, 6.45) is 0. The van der Waals surface area contributed by atoms with Crippen molar-refractivity contribution in [1.82, 2.24) is 18.8 Å². The van der Waals surface area contributed by atoms with Gasteiger partial charge in [0, 0.05) is 32.6 Å². The summed E-state index contributed by atoms with van der Waals surface area (Å²) in [4.78, 5) is 21.5. The normalized spacial score (nSPS) is 11.8. The Bertz CT molecular complexity index is 1410. The molecule has 0 saturated heterocycles. The molecule has 0 aliphatic carbocycles. The molecule has 9 nitrogen and oxygen atoms in total. The number of nitrogens with zero attached hydrogens (tertiary/aromatic N) is 4. The predicted octanol–water partition coefficient (Wildman–Crippen LogP) is 3.73. The van der Waals surface area contributed by atoms with Gasteiger partial charge in [-0.2, -0.15) is 0 Å². The van der Waals surface area contributed by atoms with E-state index >= 15 is 0 Å². The summed E-state index contributed by atoms with van der Waals surface area (Å²) >= 11 is 1.33. The van der Waals surface area contributed by atoms with Gasteiger partial charge in [0.05, 0.1) is 15.9 Å². The molecule has 1 N–H and O–H groups in total. The van der Waals surface area contributed by atoms with E-state index in [9.17, 15) is 13.2 Å². The van der Waals surface area contributed by atoms with Crippen LogP contribution in [0, 0.1) is 0 Å². The van der Waals surface area contributed by atoms with Gasteiger partial charge in [-0.25, -0.2) is 27.5 Å². The Morgan fingerprint density at radius 3 is 2.62 bits per heavy atom. The van der Waals surface area contributed by atoms with Gasteiger partial charge < -0.3 is 14.6 Å². The van der Waals surface area contributed by atoms with Crippen LogP contribution >= 0.6 is 11.3 Å². The van der Waals surface area contributed by atoms with E-state index in [4.69, 9.17) is 4.74 Å². The largest absolute Gasteiger partial charge is 0.453 e. The van der Waals surface area contributed by atoms with Crippen LogP contribution < -0.4 is 5.32 Å². The lowest BCUT2D eigenvalue weighted by molar-refractivity contribution is 0.0453. The molecule has 0 aliphatic heterocycles. The Morgan fingerprint density at radius 1 is 1.15 bits per heavy atom. The zero-order valence-corrected chi connectivity index (χ0v) is 20.7. The van der Waals surface area contributed by atoms with Gasteiger partial charge in [-0.05, 0) is 30.7 Å². The Balaban J connectivity index is 1.45. The maximum atomic E-state index is 12.6. The second-order valence-corrected chi connectivity index (χ2v) is 10.7. The van der Waals surface area contributed by atoms with E-state index in [1.165, 1.54) is 31.5 Å². The third-order valence-corrected chi connectivity index (χ3v) is 7.84. The van der Waals surface area contributed by atoms with Crippen molar-refractivity contribution in [2.24, 2.45) is 0 Å². The van der Waals surface area contributed by atoms with Crippen LogP contribution in [-0.2, 0) is 34.5 Å². The highest BCUT2D eigenvalue weighted by atomic mass is 32.2. The van der Waals surface area contributed by atoms with Crippen LogP contribution in [0.2, 0.25) is 0 Å². The number of carbonyl (C=O) groups excluding carboxylic acids is 1. The maximum Gasteiger partial charge on any atom is 0.358 e. The zero-order valence-electron chi connectivity index (χ0n) is 19.1. The fourth-order valence-electron chi connectivity index (χ4n) is 3.42. The van der Waals surface area contributed by atoms with Crippen LogP contribution in [-0.4, -0.2) is 47.3 Å². The Morgan fingerprint density at radius 2 is 1.91 bits per heavy atom. The van der Waals surface area contributed by atoms with Gasteiger partial charge in [0.1, 0.15) is 12.4 Å². The molecule has 2 heterocycles. The molecule has 34 heavy (non-hydrogen) atoms. The Hall–Kier alpha value is -3.28. The molecule has 0 bridgehead atoms. The van der Waals surface area contributed by atoms with E-state index in [0.717, 1.165) is 15.4 Å². The molecule has 11 heteroatoms. The fraction of sp³-hybridized carbons (Fsp3) is 0.261. The first-order chi connectivity index (χ1) is 16.3. The van der Waals surface area contributed by atoms with E-state index in [1.54, 1.807) is 17.5 Å². The van der Waals surface area contributed by atoms with E-state index in [0.29, 0.717) is 29.6 Å². The topological polar surface area (TPSA) is 106 Å². The lowest BCUT2D eigenvalue weighted by atomic mass is 10.2. The summed E-state index contributed by atoms with van der Waals surface area (Å²) in [6, 6.07) is 14.7. The number of rotatable bonds is 9. The van der Waals surface area contributed by atoms with Gasteiger partial charge in [0.15, 0.2) is 10.8 Å². The van der Waals surface area contributed by atoms with Gasteiger partial charge in [-0.1, -0.05) is 30.3 Å². The number of aryl methyl sites for hydroxylation is 1. The maximum absolute atomic E-state index is 12.6. The Kier molecular flexibility index (Phi) is 6.96. The van der Waals surface area contributed by atoms with Crippen LogP contribution in [0.4, 0.5) is 5.13 Å². The summed E-state index contributed by atoms with van der Waals surface area (Å²) < 4.78 is 33.4. The molecular formula is C23H25N5O4S2. The summed E-state index contributed by atoms with van der Waals surface area (Å²) in [5.41, 5.74) is 2.63. The molecule has 0 spiro atoms. The number of hydrogen-bond donors (Lipinski definition) is 1.